The summed E-state index contributed by atoms with van der Waals surface area (Å²) in [6, 6.07) is 7.78. The molecule has 2 aromatic rings. The molecular formula is C32H44F2N6O6S. The monoisotopic (exact) mass is 678 g/mol. The Balaban J connectivity index is 1.44. The second-order valence-corrected chi connectivity index (χ2v) is 15.6. The van der Waals surface area contributed by atoms with Crippen LogP contribution in [0.1, 0.15) is 69.7 Å². The number of aromatic nitrogens is 1. The van der Waals surface area contributed by atoms with Crippen molar-refractivity contribution in [3.8, 4) is 0 Å². The molecule has 5 rings (SSSR count). The van der Waals surface area contributed by atoms with Gasteiger partial charge in [0.05, 0.1) is 35.0 Å². The number of alkyl halides is 2. The minimum Gasteiger partial charge on any atom is -0.443 e. The normalized spacial score (nSPS) is 18.9. The van der Waals surface area contributed by atoms with E-state index in [1.807, 2.05) is 0 Å². The first kappa shape index (κ1) is 34.6. The van der Waals surface area contributed by atoms with Crippen LogP contribution in [-0.2, 0) is 14.8 Å². The summed E-state index contributed by atoms with van der Waals surface area (Å²) in [6.45, 7) is 6.10. The number of hydrogen-bond donors (Lipinski definition) is 3. The van der Waals surface area contributed by atoms with Crippen molar-refractivity contribution in [3.63, 3.8) is 0 Å². The molecular weight excluding hydrogens is 634 g/mol. The fourth-order valence-corrected chi connectivity index (χ4v) is 6.79. The Morgan fingerprint density at radius 1 is 1.00 bits per heavy atom. The lowest BCUT2D eigenvalue weighted by Gasteiger charge is -2.35. The lowest BCUT2D eigenvalue weighted by Crippen LogP contribution is -2.41. The van der Waals surface area contributed by atoms with E-state index in [4.69, 9.17) is 9.84 Å². The van der Waals surface area contributed by atoms with E-state index >= 15 is 0 Å². The first-order valence-electron chi connectivity index (χ1n) is 15.9. The van der Waals surface area contributed by atoms with Gasteiger partial charge < -0.3 is 25.0 Å². The van der Waals surface area contributed by atoms with Crippen molar-refractivity contribution in [3.05, 3.63) is 35.9 Å². The average Bonchev–Trinajstić information content (AvgIpc) is 3.74. The summed E-state index contributed by atoms with van der Waals surface area (Å²) >= 11 is 0. The maximum atomic E-state index is 14.1. The van der Waals surface area contributed by atoms with Gasteiger partial charge in [0.1, 0.15) is 11.4 Å². The number of halogens is 2. The Bertz CT molecular complexity index is 1590. The number of carbonyl (C=O) groups is 2. The third-order valence-corrected chi connectivity index (χ3v) is 10.2. The number of rotatable bonds is 9. The summed E-state index contributed by atoms with van der Waals surface area (Å²) in [4.78, 5) is 36.4. The predicted octanol–water partition coefficient (Wildman–Crippen LogP) is 5.06. The molecule has 0 bridgehead atoms. The Labute approximate surface area is 274 Å². The van der Waals surface area contributed by atoms with Crippen LogP contribution in [-0.4, -0.2) is 87.6 Å². The summed E-state index contributed by atoms with van der Waals surface area (Å²) in [5, 5.41) is 12.0. The van der Waals surface area contributed by atoms with Crippen LogP contribution in [0.5, 0.6) is 0 Å². The van der Waals surface area contributed by atoms with Gasteiger partial charge in [0.25, 0.3) is 11.8 Å². The molecule has 2 amide bonds. The van der Waals surface area contributed by atoms with Gasteiger partial charge in [0, 0.05) is 46.1 Å². The van der Waals surface area contributed by atoms with Crippen molar-refractivity contribution in [2.45, 2.75) is 70.8 Å². The van der Waals surface area contributed by atoms with Gasteiger partial charge in [-0.25, -0.2) is 27.0 Å². The van der Waals surface area contributed by atoms with E-state index < -0.39 is 45.9 Å². The molecule has 1 aromatic carbocycles. The molecule has 3 fully saturated rings. The van der Waals surface area contributed by atoms with Gasteiger partial charge in [0.15, 0.2) is 5.82 Å². The van der Waals surface area contributed by atoms with E-state index in [1.165, 1.54) is 36.9 Å². The molecule has 3 N–H and O–H groups in total. The first-order chi connectivity index (χ1) is 22.0. The Morgan fingerprint density at radius 3 is 2.23 bits per heavy atom. The highest BCUT2D eigenvalue weighted by molar-refractivity contribution is 7.92. The van der Waals surface area contributed by atoms with Gasteiger partial charge in [-0.3, -0.25) is 14.4 Å². The zero-order valence-corrected chi connectivity index (χ0v) is 28.1. The van der Waals surface area contributed by atoms with E-state index in [-0.39, 0.29) is 43.3 Å². The Kier molecular flexibility index (Phi) is 9.62. The lowest BCUT2D eigenvalue weighted by atomic mass is 9.93. The van der Waals surface area contributed by atoms with Crippen LogP contribution in [0.3, 0.4) is 0 Å². The zero-order chi connectivity index (χ0) is 34.2. The Morgan fingerprint density at radius 2 is 1.64 bits per heavy atom. The fourth-order valence-electron chi connectivity index (χ4n) is 5.96. The number of aliphatic hydroxyl groups excluding tert-OH is 1. The summed E-state index contributed by atoms with van der Waals surface area (Å²) < 4.78 is 60.9. The highest BCUT2D eigenvalue weighted by Gasteiger charge is 2.44. The number of ether oxygens (including phenoxy) is 1. The highest BCUT2D eigenvalue weighted by atomic mass is 32.2. The third-order valence-electron chi connectivity index (χ3n) is 8.92. The van der Waals surface area contributed by atoms with Gasteiger partial charge in [0.2, 0.25) is 10.0 Å². The molecule has 2 aliphatic heterocycles. The van der Waals surface area contributed by atoms with E-state index in [0.29, 0.717) is 35.4 Å². The van der Waals surface area contributed by atoms with Crippen LogP contribution in [0.15, 0.2) is 30.3 Å². The molecule has 15 heteroatoms. The quantitative estimate of drug-likeness (QED) is 0.332. The van der Waals surface area contributed by atoms with E-state index in [9.17, 15) is 26.8 Å². The SMILES string of the molecule is CN(C(=O)OC(C)(C)C)c1ccc(NC(=O)c2ccc(NS(=O)(=O)CCO)cc2N2CCC3(CC2)CC3)nc1N1CCC(F)(F)CC1. The smallest absolute Gasteiger partial charge is 0.414 e. The second kappa shape index (κ2) is 13.1. The molecule has 47 heavy (non-hydrogen) atoms. The van der Waals surface area contributed by atoms with Gasteiger partial charge in [-0.2, -0.15) is 0 Å². The van der Waals surface area contributed by atoms with Crippen molar-refractivity contribution < 1.29 is 36.6 Å². The summed E-state index contributed by atoms with van der Waals surface area (Å²) in [6.07, 6.45) is 2.93. The van der Waals surface area contributed by atoms with Crippen LogP contribution in [0.25, 0.3) is 0 Å². The average molecular weight is 679 g/mol. The maximum absolute atomic E-state index is 14.1. The number of anilines is 5. The molecule has 1 spiro atoms. The number of nitrogens with one attached hydrogen (secondary N) is 2. The molecule has 3 aliphatic rings. The number of carbonyl (C=O) groups excluding carboxylic acids is 2. The number of pyridine rings is 1. The van der Waals surface area contributed by atoms with E-state index in [1.54, 1.807) is 43.9 Å². The van der Waals surface area contributed by atoms with Gasteiger partial charge in [-0.1, -0.05) is 0 Å². The number of hydrogen-bond acceptors (Lipinski definition) is 9. The van der Waals surface area contributed by atoms with Gasteiger partial charge >= 0.3 is 6.09 Å². The molecule has 0 unspecified atom stereocenters. The fraction of sp³-hybridized carbons (Fsp3) is 0.594. The molecule has 12 nitrogen and oxygen atoms in total. The predicted molar refractivity (Wildman–Crippen MR) is 177 cm³/mol. The number of nitrogens with zero attached hydrogens (tertiary/aromatic N) is 4. The van der Waals surface area contributed by atoms with Crippen molar-refractivity contribution in [1.82, 2.24) is 4.98 Å². The number of benzene rings is 1. The third kappa shape index (κ3) is 8.61. The number of piperidine rings is 2. The first-order valence-corrected chi connectivity index (χ1v) is 17.6. The van der Waals surface area contributed by atoms with Crippen LogP contribution in [0.2, 0.25) is 0 Å². The van der Waals surface area contributed by atoms with Crippen LogP contribution >= 0.6 is 0 Å². The molecule has 258 valence electrons. The molecule has 3 heterocycles. The van der Waals surface area contributed by atoms with Crippen molar-refractivity contribution in [2.75, 3.05) is 70.3 Å². The molecule has 2 saturated heterocycles. The number of amides is 2. The molecule has 0 radical (unpaired) electrons. The molecule has 1 aromatic heterocycles. The van der Waals surface area contributed by atoms with E-state index in [0.717, 1.165) is 12.8 Å². The number of sulfonamides is 1. The van der Waals surface area contributed by atoms with Crippen LogP contribution < -0.4 is 24.7 Å². The second-order valence-electron chi connectivity index (χ2n) is 13.7. The summed E-state index contributed by atoms with van der Waals surface area (Å²) in [5.41, 5.74) is 1.07. The Hall–Kier alpha value is -3.72. The summed E-state index contributed by atoms with van der Waals surface area (Å²) in [5.74, 6) is -3.35. The standard InChI is InChI=1S/C32H44F2N6O6S/c1-30(2,3)46-29(43)38(4)24-7-8-26(35-27(24)40-17-13-32(33,34)14-18-40)36-28(42)23-6-5-22(37-47(44,45)20-19-41)21-25(23)39-15-11-31(9-10-31)12-16-39/h5-8,21,37,41H,9-20H2,1-4H3,(H,35,36,42). The number of aliphatic hydroxyl groups is 1. The van der Waals surface area contributed by atoms with Crippen LogP contribution in [0.4, 0.5) is 42.3 Å². The lowest BCUT2D eigenvalue weighted by molar-refractivity contribution is -0.0221. The van der Waals surface area contributed by atoms with Crippen molar-refractivity contribution in [1.29, 1.82) is 0 Å². The van der Waals surface area contributed by atoms with Gasteiger partial charge in [-0.05, 0) is 82.2 Å². The minimum absolute atomic E-state index is 0.000802. The molecule has 1 saturated carbocycles. The summed E-state index contributed by atoms with van der Waals surface area (Å²) in [7, 11) is -2.28. The van der Waals surface area contributed by atoms with Crippen LogP contribution in [0, 0.1) is 5.41 Å². The zero-order valence-electron chi connectivity index (χ0n) is 27.3. The topological polar surface area (TPSA) is 144 Å². The molecule has 0 atom stereocenters. The van der Waals surface area contributed by atoms with Gasteiger partial charge in [-0.15, -0.1) is 0 Å². The van der Waals surface area contributed by atoms with Crippen molar-refractivity contribution >= 4 is 50.7 Å². The van der Waals surface area contributed by atoms with E-state index in [2.05, 4.69) is 19.9 Å². The maximum Gasteiger partial charge on any atom is 0.414 e. The largest absolute Gasteiger partial charge is 0.443 e. The van der Waals surface area contributed by atoms with Crippen molar-refractivity contribution in [2.24, 2.45) is 5.41 Å². The molecule has 1 aliphatic carbocycles. The minimum atomic E-state index is -3.79. The highest BCUT2D eigenvalue weighted by Crippen LogP contribution is 2.54.